The van der Waals surface area contributed by atoms with Gasteiger partial charge >= 0.3 is 0 Å². The molecule has 1 heterocycles. The second kappa shape index (κ2) is 4.62. The molecule has 1 aliphatic rings. The van der Waals surface area contributed by atoms with Crippen LogP contribution in [0.25, 0.3) is 0 Å². The molecule has 2 nitrogen and oxygen atoms in total. The summed E-state index contributed by atoms with van der Waals surface area (Å²) in [5.41, 5.74) is 2.24. The molecule has 1 aromatic rings. The molecule has 0 saturated carbocycles. The zero-order valence-corrected chi connectivity index (χ0v) is 8.79. The first kappa shape index (κ1) is 11.3. The van der Waals surface area contributed by atoms with Crippen LogP contribution in [0.2, 0.25) is 0 Å². The van der Waals surface area contributed by atoms with Gasteiger partial charge in [0, 0.05) is 6.54 Å². The standard InChI is InChI=1S/C10H12FNO.ClH/c1-13-10-5-8-6-12-3-2-7(8)4-9(10)11;/h4-5,12H,2-3,6H2,1H3;1H. The third kappa shape index (κ3) is 1.99. The Kier molecular flexibility index (Phi) is 3.72. The largest absolute Gasteiger partial charge is 0.494 e. The lowest BCUT2D eigenvalue weighted by molar-refractivity contribution is 0.384. The van der Waals surface area contributed by atoms with Gasteiger partial charge < -0.3 is 10.1 Å². The second-order valence-corrected chi connectivity index (χ2v) is 3.18. The maximum absolute atomic E-state index is 13.2. The van der Waals surface area contributed by atoms with E-state index < -0.39 is 0 Å². The quantitative estimate of drug-likeness (QED) is 0.776. The van der Waals surface area contributed by atoms with E-state index in [-0.39, 0.29) is 18.2 Å². The maximum atomic E-state index is 13.2. The normalized spacial score (nSPS) is 14.1. The van der Waals surface area contributed by atoms with Crippen molar-refractivity contribution in [1.82, 2.24) is 5.32 Å². The zero-order valence-electron chi connectivity index (χ0n) is 7.97. The van der Waals surface area contributed by atoms with Crippen LogP contribution in [0.15, 0.2) is 12.1 Å². The topological polar surface area (TPSA) is 21.3 Å². The molecule has 14 heavy (non-hydrogen) atoms. The van der Waals surface area contributed by atoms with E-state index in [1.807, 2.05) is 0 Å². The SMILES string of the molecule is COc1cc2c(cc1F)CCNC2.Cl. The van der Waals surface area contributed by atoms with Crippen molar-refractivity contribution in [2.45, 2.75) is 13.0 Å². The first-order valence-electron chi connectivity index (χ1n) is 4.37. The minimum absolute atomic E-state index is 0. The average molecular weight is 218 g/mol. The maximum Gasteiger partial charge on any atom is 0.165 e. The van der Waals surface area contributed by atoms with Gasteiger partial charge in [0.25, 0.3) is 0 Å². The van der Waals surface area contributed by atoms with E-state index >= 15 is 0 Å². The van der Waals surface area contributed by atoms with E-state index in [1.165, 1.54) is 7.11 Å². The molecule has 0 unspecified atom stereocenters. The summed E-state index contributed by atoms with van der Waals surface area (Å²) >= 11 is 0. The fraction of sp³-hybridized carbons (Fsp3) is 0.400. The van der Waals surface area contributed by atoms with Gasteiger partial charge in [0.1, 0.15) is 0 Å². The molecule has 0 atom stereocenters. The van der Waals surface area contributed by atoms with E-state index in [2.05, 4.69) is 5.32 Å². The Bertz CT molecular complexity index is 330. The smallest absolute Gasteiger partial charge is 0.165 e. The lowest BCUT2D eigenvalue weighted by Gasteiger charge is -2.17. The summed E-state index contributed by atoms with van der Waals surface area (Å²) in [6.07, 6.45) is 0.899. The Balaban J connectivity index is 0.000000980. The fourth-order valence-electron chi connectivity index (χ4n) is 1.64. The van der Waals surface area contributed by atoms with Crippen LogP contribution in [-0.2, 0) is 13.0 Å². The third-order valence-electron chi connectivity index (χ3n) is 2.36. The Hall–Kier alpha value is -0.800. The monoisotopic (exact) mass is 217 g/mol. The van der Waals surface area contributed by atoms with Gasteiger partial charge in [-0.05, 0) is 36.2 Å². The molecule has 0 spiro atoms. The molecule has 1 aliphatic heterocycles. The first-order chi connectivity index (χ1) is 6.31. The van der Waals surface area contributed by atoms with Crippen molar-refractivity contribution < 1.29 is 9.13 Å². The molecule has 1 N–H and O–H groups in total. The van der Waals surface area contributed by atoms with E-state index in [0.717, 1.165) is 30.6 Å². The second-order valence-electron chi connectivity index (χ2n) is 3.18. The van der Waals surface area contributed by atoms with Crippen molar-refractivity contribution >= 4 is 12.4 Å². The van der Waals surface area contributed by atoms with Crippen molar-refractivity contribution in [3.05, 3.63) is 29.1 Å². The number of ether oxygens (including phenoxy) is 1. The minimum atomic E-state index is -0.261. The first-order valence-corrected chi connectivity index (χ1v) is 4.37. The summed E-state index contributed by atoms with van der Waals surface area (Å²) in [7, 11) is 1.49. The van der Waals surface area contributed by atoms with Gasteiger partial charge in [0.15, 0.2) is 11.6 Å². The average Bonchev–Trinajstić information content (AvgIpc) is 2.17. The van der Waals surface area contributed by atoms with Crippen LogP contribution in [0.3, 0.4) is 0 Å². The van der Waals surface area contributed by atoms with E-state index in [4.69, 9.17) is 4.74 Å². The minimum Gasteiger partial charge on any atom is -0.494 e. The highest BCUT2D eigenvalue weighted by molar-refractivity contribution is 5.85. The highest BCUT2D eigenvalue weighted by atomic mass is 35.5. The Morgan fingerprint density at radius 2 is 2.14 bits per heavy atom. The molecular weight excluding hydrogens is 205 g/mol. The number of methoxy groups -OCH3 is 1. The number of halogens is 2. The summed E-state index contributed by atoms with van der Waals surface area (Å²) < 4.78 is 18.1. The summed E-state index contributed by atoms with van der Waals surface area (Å²) in [6.45, 7) is 1.74. The van der Waals surface area contributed by atoms with E-state index in [1.54, 1.807) is 12.1 Å². The Labute approximate surface area is 88.9 Å². The summed E-state index contributed by atoms with van der Waals surface area (Å²) in [4.78, 5) is 0. The van der Waals surface area contributed by atoms with Crippen molar-refractivity contribution in [1.29, 1.82) is 0 Å². The number of benzene rings is 1. The molecule has 0 saturated heterocycles. The molecular formula is C10H13ClFNO. The molecule has 78 valence electrons. The molecule has 2 rings (SSSR count). The molecule has 0 aromatic heterocycles. The highest BCUT2D eigenvalue weighted by Crippen LogP contribution is 2.23. The highest BCUT2D eigenvalue weighted by Gasteiger charge is 2.12. The predicted octanol–water partition coefficient (Wildman–Crippen LogP) is 1.90. The van der Waals surface area contributed by atoms with Crippen molar-refractivity contribution in [3.63, 3.8) is 0 Å². The predicted molar refractivity (Wildman–Crippen MR) is 55.6 cm³/mol. The number of rotatable bonds is 1. The Morgan fingerprint density at radius 1 is 1.36 bits per heavy atom. The molecule has 0 amide bonds. The van der Waals surface area contributed by atoms with Gasteiger partial charge in [-0.15, -0.1) is 12.4 Å². The Morgan fingerprint density at radius 3 is 2.86 bits per heavy atom. The summed E-state index contributed by atoms with van der Waals surface area (Å²) in [6, 6.07) is 3.35. The zero-order chi connectivity index (χ0) is 9.26. The van der Waals surface area contributed by atoms with Gasteiger partial charge in [-0.1, -0.05) is 0 Å². The summed E-state index contributed by atoms with van der Waals surface area (Å²) in [5.74, 6) is 0.0746. The van der Waals surface area contributed by atoms with Gasteiger partial charge in [-0.2, -0.15) is 0 Å². The van der Waals surface area contributed by atoms with Crippen LogP contribution in [0, 0.1) is 5.82 Å². The van der Waals surface area contributed by atoms with E-state index in [0.29, 0.717) is 5.75 Å². The van der Waals surface area contributed by atoms with Crippen LogP contribution in [0.5, 0.6) is 5.75 Å². The van der Waals surface area contributed by atoms with Crippen molar-refractivity contribution in [3.8, 4) is 5.75 Å². The number of hydrogen-bond donors (Lipinski definition) is 1. The van der Waals surface area contributed by atoms with Crippen molar-refractivity contribution in [2.24, 2.45) is 0 Å². The molecule has 0 radical (unpaired) electrons. The lowest BCUT2D eigenvalue weighted by Crippen LogP contribution is -2.23. The number of hydrogen-bond acceptors (Lipinski definition) is 2. The van der Waals surface area contributed by atoms with E-state index in [9.17, 15) is 4.39 Å². The van der Waals surface area contributed by atoms with Crippen LogP contribution < -0.4 is 10.1 Å². The van der Waals surface area contributed by atoms with Crippen LogP contribution >= 0.6 is 12.4 Å². The summed E-state index contributed by atoms with van der Waals surface area (Å²) in [5, 5.41) is 3.23. The molecule has 1 aromatic carbocycles. The van der Waals surface area contributed by atoms with Gasteiger partial charge in [0.05, 0.1) is 7.11 Å². The van der Waals surface area contributed by atoms with Crippen LogP contribution in [-0.4, -0.2) is 13.7 Å². The molecule has 0 fully saturated rings. The van der Waals surface area contributed by atoms with Gasteiger partial charge in [-0.3, -0.25) is 0 Å². The van der Waals surface area contributed by atoms with Crippen LogP contribution in [0.4, 0.5) is 4.39 Å². The molecule has 0 aliphatic carbocycles. The lowest BCUT2D eigenvalue weighted by atomic mass is 10.0. The fourth-order valence-corrected chi connectivity index (χ4v) is 1.64. The van der Waals surface area contributed by atoms with Gasteiger partial charge in [0.2, 0.25) is 0 Å². The third-order valence-corrected chi connectivity index (χ3v) is 2.36. The van der Waals surface area contributed by atoms with Crippen LogP contribution in [0.1, 0.15) is 11.1 Å². The van der Waals surface area contributed by atoms with Crippen molar-refractivity contribution in [2.75, 3.05) is 13.7 Å². The van der Waals surface area contributed by atoms with Gasteiger partial charge in [-0.25, -0.2) is 4.39 Å². The number of fused-ring (bicyclic) bond motifs is 1. The number of nitrogens with one attached hydrogen (secondary N) is 1. The molecule has 4 heteroatoms. The molecule has 0 bridgehead atoms.